The number of halogens is 1. The van der Waals surface area contributed by atoms with E-state index in [4.69, 9.17) is 9.72 Å². The van der Waals surface area contributed by atoms with E-state index in [2.05, 4.69) is 42.1 Å². The van der Waals surface area contributed by atoms with Gasteiger partial charge in [0.1, 0.15) is 35.5 Å². The number of amides is 1. The van der Waals surface area contributed by atoms with Crippen LogP contribution in [0.2, 0.25) is 0 Å². The molecular formula is C30H26FN9O2. The molecule has 2 bridgehead atoms. The zero-order valence-corrected chi connectivity index (χ0v) is 23.0. The Balaban J connectivity index is 1.15. The molecule has 1 amide bonds. The van der Waals surface area contributed by atoms with Crippen LogP contribution in [0.1, 0.15) is 25.3 Å². The second kappa shape index (κ2) is 10.3. The first-order chi connectivity index (χ1) is 20.5. The Morgan fingerprint density at radius 3 is 2.71 bits per heavy atom. The third kappa shape index (κ3) is 4.49. The number of hydrogen-bond donors (Lipinski definition) is 1. The highest BCUT2D eigenvalue weighted by molar-refractivity contribution is 5.94. The summed E-state index contributed by atoms with van der Waals surface area (Å²) < 4.78 is 23.2. The highest BCUT2D eigenvalue weighted by Gasteiger charge is 2.41. The van der Waals surface area contributed by atoms with Crippen LogP contribution in [0.3, 0.4) is 0 Å². The first-order valence-electron chi connectivity index (χ1n) is 13.6. The topological polar surface area (TPSA) is 114 Å². The number of carbonyl (C=O) groups is 1. The number of pyridine rings is 2. The lowest BCUT2D eigenvalue weighted by Crippen LogP contribution is -2.55. The molecule has 12 heteroatoms. The van der Waals surface area contributed by atoms with Crippen LogP contribution in [-0.4, -0.2) is 65.5 Å². The van der Waals surface area contributed by atoms with Gasteiger partial charge in [-0.25, -0.2) is 28.8 Å². The number of carbonyl (C=O) groups excluding carboxylic acids is 1. The van der Waals surface area contributed by atoms with Gasteiger partial charge in [-0.1, -0.05) is 5.92 Å². The first-order valence-corrected chi connectivity index (χ1v) is 13.6. The number of ether oxygens (including phenoxy) is 1. The molecule has 2 fully saturated rings. The zero-order chi connectivity index (χ0) is 28.8. The minimum absolute atomic E-state index is 0.134. The number of piperazine rings is 1. The standard InChI is InChI=1S/C30H26FN9O2/c1-3-4-27(41)38-14-19-5-6-20(15-38)40(19)25-10-8-23-29(37-25)30(34-16-32-23)36-22-7-9-24(18(2)28(22)31)42-21-11-12-39-26(13-21)33-17-35-39/h7-13,16-17,19-20H,5-6,14-15H2,1-2H3,(H,32,34,36). The Labute approximate surface area is 240 Å². The molecule has 11 nitrogen and oxygen atoms in total. The summed E-state index contributed by atoms with van der Waals surface area (Å²) in [6.45, 7) is 4.54. The quantitative estimate of drug-likeness (QED) is 0.314. The molecule has 2 aliphatic rings. The third-order valence-corrected chi connectivity index (χ3v) is 7.80. The highest BCUT2D eigenvalue weighted by Crippen LogP contribution is 2.36. The van der Waals surface area contributed by atoms with Gasteiger partial charge in [-0.05, 0) is 62.9 Å². The fourth-order valence-corrected chi connectivity index (χ4v) is 5.78. The van der Waals surface area contributed by atoms with Gasteiger partial charge in [-0.15, -0.1) is 0 Å². The van der Waals surface area contributed by atoms with Crippen molar-refractivity contribution in [3.8, 4) is 23.3 Å². The summed E-state index contributed by atoms with van der Waals surface area (Å²) >= 11 is 0. The van der Waals surface area contributed by atoms with Crippen LogP contribution in [0.4, 0.5) is 21.7 Å². The summed E-state index contributed by atoms with van der Waals surface area (Å²) in [4.78, 5) is 34.4. The van der Waals surface area contributed by atoms with E-state index in [1.807, 2.05) is 17.0 Å². The van der Waals surface area contributed by atoms with Crippen molar-refractivity contribution in [1.82, 2.24) is 34.4 Å². The molecule has 2 aliphatic heterocycles. The maximum Gasteiger partial charge on any atom is 0.298 e. The molecule has 7 rings (SSSR count). The largest absolute Gasteiger partial charge is 0.457 e. The van der Waals surface area contributed by atoms with Gasteiger partial charge in [0.25, 0.3) is 5.91 Å². The number of hydrogen-bond acceptors (Lipinski definition) is 9. The number of benzene rings is 1. The number of aromatic nitrogens is 6. The minimum atomic E-state index is -0.465. The van der Waals surface area contributed by atoms with Gasteiger partial charge in [-0.2, -0.15) is 5.10 Å². The van der Waals surface area contributed by atoms with Crippen molar-refractivity contribution in [3.63, 3.8) is 0 Å². The molecule has 6 heterocycles. The van der Waals surface area contributed by atoms with Crippen molar-refractivity contribution in [2.75, 3.05) is 23.3 Å². The molecule has 0 aliphatic carbocycles. The SMILES string of the molecule is CC#CC(=O)N1CC2CCC(C1)N2c1ccc2ncnc(Nc3ccc(Oc4ccn5ncnc5c4)c(C)c3F)c2n1. The maximum atomic E-state index is 15.6. The van der Waals surface area contributed by atoms with Crippen molar-refractivity contribution >= 4 is 39.9 Å². The van der Waals surface area contributed by atoms with Crippen molar-refractivity contribution in [3.05, 3.63) is 66.6 Å². The van der Waals surface area contributed by atoms with E-state index in [1.54, 1.807) is 48.8 Å². The number of nitrogens with one attached hydrogen (secondary N) is 1. The number of nitrogens with zero attached hydrogens (tertiary/aromatic N) is 8. The van der Waals surface area contributed by atoms with Gasteiger partial charge in [0.15, 0.2) is 17.3 Å². The van der Waals surface area contributed by atoms with E-state index in [1.165, 1.54) is 12.7 Å². The van der Waals surface area contributed by atoms with Crippen molar-refractivity contribution in [1.29, 1.82) is 0 Å². The van der Waals surface area contributed by atoms with Crippen molar-refractivity contribution < 1.29 is 13.9 Å². The van der Waals surface area contributed by atoms with E-state index >= 15 is 4.39 Å². The molecule has 2 unspecified atom stereocenters. The van der Waals surface area contributed by atoms with Crippen LogP contribution in [0.15, 0.2) is 55.2 Å². The normalized spacial score (nSPS) is 17.8. The third-order valence-electron chi connectivity index (χ3n) is 7.80. The van der Waals surface area contributed by atoms with E-state index in [0.29, 0.717) is 52.7 Å². The number of likely N-dealkylation sites (tertiary alicyclic amines) is 1. The predicted molar refractivity (Wildman–Crippen MR) is 154 cm³/mol. The molecular weight excluding hydrogens is 537 g/mol. The van der Waals surface area contributed by atoms with Gasteiger partial charge in [0, 0.05) is 43.0 Å². The summed E-state index contributed by atoms with van der Waals surface area (Å²) in [7, 11) is 0. The van der Waals surface area contributed by atoms with Crippen molar-refractivity contribution in [2.24, 2.45) is 0 Å². The molecule has 42 heavy (non-hydrogen) atoms. The van der Waals surface area contributed by atoms with Gasteiger partial charge < -0.3 is 19.9 Å². The average Bonchev–Trinajstić information content (AvgIpc) is 3.57. The summed E-state index contributed by atoms with van der Waals surface area (Å²) in [5.41, 5.74) is 2.37. The lowest BCUT2D eigenvalue weighted by Gasteiger charge is -2.41. The van der Waals surface area contributed by atoms with Crippen LogP contribution in [0, 0.1) is 24.6 Å². The summed E-state index contributed by atoms with van der Waals surface area (Å²) in [6.07, 6.45) is 6.55. The number of fused-ring (bicyclic) bond motifs is 4. The van der Waals surface area contributed by atoms with E-state index < -0.39 is 5.82 Å². The summed E-state index contributed by atoms with van der Waals surface area (Å²) in [5.74, 6) is 6.84. The molecule has 0 saturated carbocycles. The molecule has 2 saturated heterocycles. The van der Waals surface area contributed by atoms with Gasteiger partial charge in [-0.3, -0.25) is 4.79 Å². The maximum absolute atomic E-state index is 15.6. The number of rotatable bonds is 5. The van der Waals surface area contributed by atoms with E-state index in [-0.39, 0.29) is 23.7 Å². The summed E-state index contributed by atoms with van der Waals surface area (Å²) in [6, 6.07) is 10.9. The Morgan fingerprint density at radius 2 is 1.90 bits per heavy atom. The predicted octanol–water partition coefficient (Wildman–Crippen LogP) is 4.25. The first kappa shape index (κ1) is 25.6. The number of anilines is 3. The summed E-state index contributed by atoms with van der Waals surface area (Å²) in [5, 5.41) is 7.19. The molecule has 2 atom stereocenters. The second-order valence-corrected chi connectivity index (χ2v) is 10.3. The molecule has 210 valence electrons. The Kier molecular flexibility index (Phi) is 6.27. The Hall–Kier alpha value is -5.31. The van der Waals surface area contributed by atoms with E-state index in [9.17, 15) is 4.79 Å². The molecule has 0 spiro atoms. The second-order valence-electron chi connectivity index (χ2n) is 10.3. The van der Waals surface area contributed by atoms with Crippen molar-refractivity contribution in [2.45, 2.75) is 38.8 Å². The molecule has 5 aromatic rings. The molecule has 0 radical (unpaired) electrons. The van der Waals surface area contributed by atoms with Crippen LogP contribution in [-0.2, 0) is 4.79 Å². The lowest BCUT2D eigenvalue weighted by molar-refractivity contribution is -0.126. The van der Waals surface area contributed by atoms with Gasteiger partial charge >= 0.3 is 0 Å². The lowest BCUT2D eigenvalue weighted by atomic mass is 10.1. The zero-order valence-electron chi connectivity index (χ0n) is 23.0. The highest BCUT2D eigenvalue weighted by atomic mass is 19.1. The van der Waals surface area contributed by atoms with Gasteiger partial charge in [0.2, 0.25) is 0 Å². The molecule has 1 aromatic carbocycles. The Morgan fingerprint density at radius 1 is 1.07 bits per heavy atom. The van der Waals surface area contributed by atoms with Crippen LogP contribution in [0.5, 0.6) is 11.5 Å². The van der Waals surface area contributed by atoms with Crippen LogP contribution >= 0.6 is 0 Å². The monoisotopic (exact) mass is 563 g/mol. The van der Waals surface area contributed by atoms with Crippen LogP contribution in [0.25, 0.3) is 16.7 Å². The van der Waals surface area contributed by atoms with Crippen LogP contribution < -0.4 is 15.0 Å². The van der Waals surface area contributed by atoms with E-state index in [0.717, 1.165) is 18.7 Å². The molecule has 1 N–H and O–H groups in total. The smallest absolute Gasteiger partial charge is 0.298 e. The van der Waals surface area contributed by atoms with Gasteiger partial charge in [0.05, 0.1) is 11.2 Å². The minimum Gasteiger partial charge on any atom is -0.457 e. The molecule has 4 aromatic heterocycles. The Bertz CT molecular complexity index is 1900. The fourth-order valence-electron chi connectivity index (χ4n) is 5.78. The fraction of sp³-hybridized carbons (Fsp3) is 0.267. The average molecular weight is 564 g/mol.